The average molecular weight is 322 g/mol. The van der Waals surface area contributed by atoms with Crippen molar-refractivity contribution in [2.75, 3.05) is 0 Å². The highest BCUT2D eigenvalue weighted by atomic mass is 16.3. The second-order valence-corrected chi connectivity index (χ2v) is 7.29. The minimum absolute atomic E-state index is 0.0142. The number of aromatic hydroxyl groups is 1. The summed E-state index contributed by atoms with van der Waals surface area (Å²) >= 11 is 0. The highest BCUT2D eigenvalue weighted by Gasteiger charge is 2.64. The van der Waals surface area contributed by atoms with Crippen LogP contribution in [0.5, 0.6) is 5.75 Å². The van der Waals surface area contributed by atoms with Gasteiger partial charge < -0.3 is 5.11 Å². The zero-order valence-corrected chi connectivity index (χ0v) is 13.8. The Kier molecular flexibility index (Phi) is 3.56. The molecule has 1 amide bonds. The van der Waals surface area contributed by atoms with Crippen LogP contribution in [0.15, 0.2) is 41.5 Å². The fourth-order valence-corrected chi connectivity index (χ4v) is 4.50. The van der Waals surface area contributed by atoms with Gasteiger partial charge in [0.2, 0.25) is 5.91 Å². The summed E-state index contributed by atoms with van der Waals surface area (Å²) in [6, 6.07) is 11.3. The number of rotatable bonds is 3. The van der Waals surface area contributed by atoms with Crippen LogP contribution in [0.4, 0.5) is 0 Å². The molecule has 0 heterocycles. The summed E-state index contributed by atoms with van der Waals surface area (Å²) < 4.78 is 0. The lowest BCUT2D eigenvalue weighted by Gasteiger charge is -2.15. The first-order chi connectivity index (χ1) is 11.6. The normalized spacial score (nSPS) is 28.7. The quantitative estimate of drug-likeness (QED) is 0.666. The number of carbonyl (C=O) groups is 1. The van der Waals surface area contributed by atoms with Gasteiger partial charge in [-0.05, 0) is 41.0 Å². The van der Waals surface area contributed by atoms with Gasteiger partial charge >= 0.3 is 0 Å². The molecule has 4 nitrogen and oxygen atoms in total. The van der Waals surface area contributed by atoms with Crippen molar-refractivity contribution < 1.29 is 9.90 Å². The smallest absolute Gasteiger partial charge is 0.244 e. The molecule has 0 spiro atoms. The maximum Gasteiger partial charge on any atom is 0.244 e. The van der Waals surface area contributed by atoms with Gasteiger partial charge in [-0.1, -0.05) is 50.1 Å². The number of hydrogen-bond acceptors (Lipinski definition) is 3. The number of hydrazone groups is 1. The molecule has 0 radical (unpaired) electrons. The summed E-state index contributed by atoms with van der Waals surface area (Å²) in [4.78, 5) is 12.4. The molecule has 2 fully saturated rings. The van der Waals surface area contributed by atoms with Crippen LogP contribution >= 0.6 is 0 Å². The van der Waals surface area contributed by atoms with Crippen molar-refractivity contribution in [1.29, 1.82) is 0 Å². The largest absolute Gasteiger partial charge is 0.507 e. The van der Waals surface area contributed by atoms with E-state index in [1.807, 2.05) is 30.3 Å². The van der Waals surface area contributed by atoms with Crippen molar-refractivity contribution in [3.8, 4) is 5.75 Å². The molecule has 124 valence electrons. The first-order valence-electron chi connectivity index (χ1n) is 8.65. The number of hydrogen-bond donors (Lipinski definition) is 2. The molecule has 24 heavy (non-hydrogen) atoms. The highest BCUT2D eigenvalue weighted by Crippen LogP contribution is 2.66. The molecule has 2 N–H and O–H groups in total. The van der Waals surface area contributed by atoms with Gasteiger partial charge in [0.25, 0.3) is 0 Å². The summed E-state index contributed by atoms with van der Waals surface area (Å²) in [5.41, 5.74) is 3.50. The second-order valence-electron chi connectivity index (χ2n) is 7.29. The number of carbonyl (C=O) groups excluding carboxylic acids is 1. The van der Waals surface area contributed by atoms with E-state index in [0.717, 1.165) is 23.6 Å². The molecule has 0 saturated heterocycles. The van der Waals surface area contributed by atoms with Crippen LogP contribution in [0, 0.1) is 17.3 Å². The summed E-state index contributed by atoms with van der Waals surface area (Å²) in [7, 11) is 0. The zero-order chi connectivity index (χ0) is 16.7. The van der Waals surface area contributed by atoms with E-state index in [1.165, 1.54) is 12.8 Å². The minimum Gasteiger partial charge on any atom is -0.507 e. The summed E-state index contributed by atoms with van der Waals surface area (Å²) in [6.07, 6.45) is 6.30. The van der Waals surface area contributed by atoms with Gasteiger partial charge in [-0.2, -0.15) is 5.10 Å². The molecule has 2 aromatic carbocycles. The highest BCUT2D eigenvalue weighted by molar-refractivity contribution is 6.02. The van der Waals surface area contributed by atoms with Gasteiger partial charge in [0, 0.05) is 11.5 Å². The maximum absolute atomic E-state index is 12.4. The van der Waals surface area contributed by atoms with E-state index in [9.17, 15) is 9.90 Å². The van der Waals surface area contributed by atoms with Crippen LogP contribution < -0.4 is 5.43 Å². The maximum atomic E-state index is 12.4. The van der Waals surface area contributed by atoms with Gasteiger partial charge in [0.1, 0.15) is 5.75 Å². The summed E-state index contributed by atoms with van der Waals surface area (Å²) in [6.45, 7) is 2.22. The number of fused-ring (bicyclic) bond motifs is 2. The molecule has 2 aliphatic carbocycles. The fraction of sp³-hybridized carbons (Fsp3) is 0.400. The molecule has 2 saturated carbocycles. The van der Waals surface area contributed by atoms with E-state index >= 15 is 0 Å². The number of benzene rings is 2. The lowest BCUT2D eigenvalue weighted by Crippen LogP contribution is -2.22. The van der Waals surface area contributed by atoms with Crippen molar-refractivity contribution >= 4 is 22.9 Å². The summed E-state index contributed by atoms with van der Waals surface area (Å²) in [5, 5.41) is 16.2. The summed E-state index contributed by atoms with van der Waals surface area (Å²) in [5.74, 6) is 0.796. The standard InChI is InChI=1S/C20H22N2O2/c1-20-11-5-4-8-16(20)18(20)19(24)22-21-12-15-14-7-3-2-6-13(14)9-10-17(15)23/h2-3,6-7,9-10,12,16,18,23H,4-5,8,11H2,1H3,(H,22,24)/b21-12+. The number of phenolic OH excluding ortho intramolecular Hbond substituents is 1. The Morgan fingerprint density at radius 3 is 2.92 bits per heavy atom. The van der Waals surface area contributed by atoms with Crippen LogP contribution in [-0.2, 0) is 4.79 Å². The Morgan fingerprint density at radius 1 is 1.29 bits per heavy atom. The third-order valence-corrected chi connectivity index (χ3v) is 5.93. The molecule has 0 aliphatic heterocycles. The van der Waals surface area contributed by atoms with Crippen LogP contribution in [0.2, 0.25) is 0 Å². The molecule has 0 aromatic heterocycles. The molecule has 2 aromatic rings. The molecule has 4 heteroatoms. The Labute approximate surface area is 141 Å². The SMILES string of the molecule is CC12CCCCC1C2C(=O)N/N=C/c1c(O)ccc2ccccc12. The van der Waals surface area contributed by atoms with Crippen LogP contribution in [0.3, 0.4) is 0 Å². The third-order valence-electron chi connectivity index (χ3n) is 5.93. The van der Waals surface area contributed by atoms with Crippen LogP contribution in [0.25, 0.3) is 10.8 Å². The molecular formula is C20H22N2O2. The average Bonchev–Trinajstić information content (AvgIpc) is 3.22. The fourth-order valence-electron chi connectivity index (χ4n) is 4.50. The van der Waals surface area contributed by atoms with Gasteiger partial charge in [0.15, 0.2) is 0 Å². The van der Waals surface area contributed by atoms with Crippen molar-refractivity contribution in [3.05, 3.63) is 42.0 Å². The van der Waals surface area contributed by atoms with E-state index in [2.05, 4.69) is 17.5 Å². The van der Waals surface area contributed by atoms with E-state index in [1.54, 1.807) is 12.3 Å². The number of amides is 1. The topological polar surface area (TPSA) is 61.7 Å². The number of nitrogens with one attached hydrogen (secondary N) is 1. The molecule has 2 aliphatic rings. The molecule has 0 bridgehead atoms. The van der Waals surface area contributed by atoms with Gasteiger partial charge in [-0.15, -0.1) is 0 Å². The molecule has 4 rings (SSSR count). The van der Waals surface area contributed by atoms with Gasteiger partial charge in [0.05, 0.1) is 6.21 Å². The minimum atomic E-state index is 0.0142. The first kappa shape index (κ1) is 15.2. The van der Waals surface area contributed by atoms with E-state index < -0.39 is 0 Å². The zero-order valence-electron chi connectivity index (χ0n) is 13.8. The molecular weight excluding hydrogens is 300 g/mol. The van der Waals surface area contributed by atoms with Gasteiger partial charge in [-0.25, -0.2) is 5.43 Å². The lowest BCUT2D eigenvalue weighted by atomic mass is 9.90. The predicted molar refractivity (Wildman–Crippen MR) is 94.9 cm³/mol. The molecule has 3 atom stereocenters. The predicted octanol–water partition coefficient (Wildman–Crippen LogP) is 3.82. The van der Waals surface area contributed by atoms with Crippen molar-refractivity contribution in [3.63, 3.8) is 0 Å². The number of phenols is 1. The third kappa shape index (κ3) is 2.37. The Bertz CT molecular complexity index is 829. The number of nitrogens with zero attached hydrogens (tertiary/aromatic N) is 1. The van der Waals surface area contributed by atoms with E-state index in [4.69, 9.17) is 0 Å². The Morgan fingerprint density at radius 2 is 2.12 bits per heavy atom. The monoisotopic (exact) mass is 322 g/mol. The van der Waals surface area contributed by atoms with Crippen molar-refractivity contribution in [2.45, 2.75) is 32.6 Å². The van der Waals surface area contributed by atoms with Crippen LogP contribution in [-0.4, -0.2) is 17.2 Å². The first-order valence-corrected chi connectivity index (χ1v) is 8.65. The van der Waals surface area contributed by atoms with Crippen molar-refractivity contribution in [2.24, 2.45) is 22.4 Å². The van der Waals surface area contributed by atoms with Crippen molar-refractivity contribution in [1.82, 2.24) is 5.43 Å². The lowest BCUT2D eigenvalue weighted by molar-refractivity contribution is -0.123. The van der Waals surface area contributed by atoms with Gasteiger partial charge in [-0.3, -0.25) is 4.79 Å². The second kappa shape index (κ2) is 5.62. The Balaban J connectivity index is 1.51. The Hall–Kier alpha value is -2.36. The molecule has 3 unspecified atom stereocenters. The van der Waals surface area contributed by atoms with E-state index in [0.29, 0.717) is 11.5 Å². The van der Waals surface area contributed by atoms with Crippen LogP contribution in [0.1, 0.15) is 38.2 Å². The van der Waals surface area contributed by atoms with E-state index in [-0.39, 0.29) is 23.0 Å².